The van der Waals surface area contributed by atoms with Crippen LogP contribution >= 0.6 is 0 Å². The molecule has 1 amide bonds. The molecule has 3 nitrogen and oxygen atoms in total. The minimum atomic E-state index is -0.179. The van der Waals surface area contributed by atoms with Gasteiger partial charge in [-0.15, -0.1) is 0 Å². The molecule has 1 fully saturated rings. The van der Waals surface area contributed by atoms with E-state index in [4.69, 9.17) is 0 Å². The molecule has 104 valence electrons. The topological polar surface area (TPSA) is 41.1 Å². The molecule has 0 aromatic heterocycles. The molecule has 0 aliphatic carbocycles. The Bertz CT molecular complexity index is 436. The van der Waals surface area contributed by atoms with E-state index in [1.54, 1.807) is 12.1 Å². The maximum absolute atomic E-state index is 13.6. The van der Waals surface area contributed by atoms with Crippen molar-refractivity contribution in [1.82, 2.24) is 10.6 Å². The van der Waals surface area contributed by atoms with Crippen LogP contribution in [0, 0.1) is 5.82 Å². The monoisotopic (exact) mass is 264 g/mol. The Hall–Kier alpha value is -1.42. The van der Waals surface area contributed by atoms with Gasteiger partial charge in [0.25, 0.3) is 0 Å². The van der Waals surface area contributed by atoms with E-state index in [0.717, 1.165) is 25.8 Å². The van der Waals surface area contributed by atoms with E-state index in [1.807, 2.05) is 13.0 Å². The molecule has 2 atom stereocenters. The summed E-state index contributed by atoms with van der Waals surface area (Å²) in [6.45, 7) is 2.75. The molecule has 0 radical (unpaired) electrons. The molecule has 19 heavy (non-hydrogen) atoms. The number of nitrogens with one attached hydrogen (secondary N) is 2. The third kappa shape index (κ3) is 4.03. The summed E-state index contributed by atoms with van der Waals surface area (Å²) < 4.78 is 13.6. The zero-order chi connectivity index (χ0) is 13.7. The van der Waals surface area contributed by atoms with Crippen molar-refractivity contribution in [3.05, 3.63) is 35.6 Å². The maximum atomic E-state index is 13.6. The quantitative estimate of drug-likeness (QED) is 0.873. The zero-order valence-electron chi connectivity index (χ0n) is 11.3. The fraction of sp³-hybridized carbons (Fsp3) is 0.533. The van der Waals surface area contributed by atoms with Crippen LogP contribution in [0.3, 0.4) is 0 Å². The van der Waals surface area contributed by atoms with E-state index in [1.165, 1.54) is 6.07 Å². The van der Waals surface area contributed by atoms with Gasteiger partial charge < -0.3 is 10.6 Å². The molecule has 1 aromatic rings. The standard InChI is InChI=1S/C15H21FN2O/c1-11(10-12-6-2-3-7-13(12)16)18-14-8-4-5-9-17-15(14)19/h2-3,6-7,11,14,18H,4-5,8-10H2,1H3,(H,17,19)/t11-,14-/m1/s1. The Morgan fingerprint density at radius 2 is 2.21 bits per heavy atom. The van der Waals surface area contributed by atoms with Crippen LogP contribution in [0.4, 0.5) is 4.39 Å². The van der Waals surface area contributed by atoms with Crippen LogP contribution in [0.15, 0.2) is 24.3 Å². The maximum Gasteiger partial charge on any atom is 0.237 e. The van der Waals surface area contributed by atoms with Gasteiger partial charge in [-0.3, -0.25) is 4.79 Å². The van der Waals surface area contributed by atoms with Gasteiger partial charge in [-0.25, -0.2) is 4.39 Å². The van der Waals surface area contributed by atoms with Crippen LogP contribution in [0.2, 0.25) is 0 Å². The van der Waals surface area contributed by atoms with Crippen LogP contribution in [-0.4, -0.2) is 24.5 Å². The van der Waals surface area contributed by atoms with Gasteiger partial charge in [0.15, 0.2) is 0 Å². The third-order valence-electron chi connectivity index (χ3n) is 3.50. The minimum Gasteiger partial charge on any atom is -0.355 e. The third-order valence-corrected chi connectivity index (χ3v) is 3.50. The lowest BCUT2D eigenvalue weighted by atomic mass is 10.0. The number of amides is 1. The molecule has 0 unspecified atom stereocenters. The SMILES string of the molecule is C[C@H](Cc1ccccc1F)N[C@@H]1CCCCNC1=O. The van der Waals surface area contributed by atoms with Crippen LogP contribution in [0.5, 0.6) is 0 Å². The van der Waals surface area contributed by atoms with Crippen molar-refractivity contribution in [2.24, 2.45) is 0 Å². The highest BCUT2D eigenvalue weighted by atomic mass is 19.1. The Morgan fingerprint density at radius 1 is 1.42 bits per heavy atom. The van der Waals surface area contributed by atoms with Crippen LogP contribution in [0.1, 0.15) is 31.7 Å². The van der Waals surface area contributed by atoms with Crippen LogP contribution in [0.25, 0.3) is 0 Å². The highest BCUT2D eigenvalue weighted by Gasteiger charge is 2.22. The number of carbonyl (C=O) groups excluding carboxylic acids is 1. The second-order valence-corrected chi connectivity index (χ2v) is 5.20. The summed E-state index contributed by atoms with van der Waals surface area (Å²) in [4.78, 5) is 11.8. The average molecular weight is 264 g/mol. The molecule has 4 heteroatoms. The Balaban J connectivity index is 1.91. The first-order valence-corrected chi connectivity index (χ1v) is 6.94. The molecule has 1 aliphatic heterocycles. The van der Waals surface area contributed by atoms with Gasteiger partial charge in [0.1, 0.15) is 5.82 Å². The summed E-state index contributed by atoms with van der Waals surface area (Å²) >= 11 is 0. The fourth-order valence-corrected chi connectivity index (χ4v) is 2.49. The molecule has 1 aliphatic rings. The largest absolute Gasteiger partial charge is 0.355 e. The summed E-state index contributed by atoms with van der Waals surface area (Å²) in [5.41, 5.74) is 0.691. The van der Waals surface area contributed by atoms with Crippen molar-refractivity contribution in [3.8, 4) is 0 Å². The molecule has 0 spiro atoms. The van der Waals surface area contributed by atoms with Gasteiger partial charge in [0.05, 0.1) is 6.04 Å². The van der Waals surface area contributed by atoms with E-state index in [9.17, 15) is 9.18 Å². The Morgan fingerprint density at radius 3 is 3.00 bits per heavy atom. The lowest BCUT2D eigenvalue weighted by Crippen LogP contribution is -2.47. The van der Waals surface area contributed by atoms with Crippen molar-refractivity contribution in [3.63, 3.8) is 0 Å². The molecule has 1 saturated heterocycles. The first-order chi connectivity index (χ1) is 9.16. The Kier molecular flexibility index (Phi) is 4.91. The first kappa shape index (κ1) is 14.0. The second-order valence-electron chi connectivity index (χ2n) is 5.20. The van der Waals surface area contributed by atoms with Crippen molar-refractivity contribution in [2.45, 2.75) is 44.7 Å². The van der Waals surface area contributed by atoms with Gasteiger partial charge in [-0.2, -0.15) is 0 Å². The number of halogens is 1. The van der Waals surface area contributed by atoms with Crippen molar-refractivity contribution in [1.29, 1.82) is 0 Å². The molecule has 1 aromatic carbocycles. The van der Waals surface area contributed by atoms with E-state index in [-0.39, 0.29) is 23.8 Å². The predicted octanol–water partition coefficient (Wildman–Crippen LogP) is 2.02. The molecular formula is C15H21FN2O. The molecule has 0 saturated carbocycles. The lowest BCUT2D eigenvalue weighted by Gasteiger charge is -2.21. The highest BCUT2D eigenvalue weighted by molar-refractivity contribution is 5.81. The summed E-state index contributed by atoms with van der Waals surface area (Å²) in [6.07, 6.45) is 3.53. The van der Waals surface area contributed by atoms with Crippen LogP contribution in [-0.2, 0) is 11.2 Å². The summed E-state index contributed by atoms with van der Waals surface area (Å²) in [7, 11) is 0. The molecule has 2 N–H and O–H groups in total. The molecule has 1 heterocycles. The normalized spacial score (nSPS) is 21.6. The number of hydrogen-bond acceptors (Lipinski definition) is 2. The van der Waals surface area contributed by atoms with E-state index in [0.29, 0.717) is 12.0 Å². The second kappa shape index (κ2) is 6.66. The Labute approximate surface area is 113 Å². The summed E-state index contributed by atoms with van der Waals surface area (Å²) in [6, 6.07) is 6.72. The van der Waals surface area contributed by atoms with Crippen molar-refractivity contribution < 1.29 is 9.18 Å². The molecular weight excluding hydrogens is 243 g/mol. The van der Waals surface area contributed by atoms with Gasteiger partial charge >= 0.3 is 0 Å². The number of rotatable bonds is 4. The first-order valence-electron chi connectivity index (χ1n) is 6.94. The van der Waals surface area contributed by atoms with Gasteiger partial charge in [0, 0.05) is 12.6 Å². The minimum absolute atomic E-state index is 0.0675. The van der Waals surface area contributed by atoms with Crippen molar-refractivity contribution in [2.75, 3.05) is 6.54 Å². The lowest BCUT2D eigenvalue weighted by molar-refractivity contribution is -0.123. The smallest absolute Gasteiger partial charge is 0.237 e. The molecule has 2 rings (SSSR count). The van der Waals surface area contributed by atoms with Gasteiger partial charge in [-0.1, -0.05) is 18.2 Å². The van der Waals surface area contributed by atoms with Gasteiger partial charge in [-0.05, 0) is 44.2 Å². The number of benzene rings is 1. The molecule has 0 bridgehead atoms. The average Bonchev–Trinajstić information content (AvgIpc) is 2.58. The number of carbonyl (C=O) groups is 1. The predicted molar refractivity (Wildman–Crippen MR) is 73.4 cm³/mol. The van der Waals surface area contributed by atoms with Crippen LogP contribution < -0.4 is 10.6 Å². The highest BCUT2D eigenvalue weighted by Crippen LogP contribution is 2.11. The van der Waals surface area contributed by atoms with Crippen molar-refractivity contribution >= 4 is 5.91 Å². The summed E-state index contributed by atoms with van der Waals surface area (Å²) in [5, 5.41) is 6.21. The zero-order valence-corrected chi connectivity index (χ0v) is 11.3. The van der Waals surface area contributed by atoms with E-state index in [2.05, 4.69) is 10.6 Å². The number of hydrogen-bond donors (Lipinski definition) is 2. The summed E-state index contributed by atoms with van der Waals surface area (Å²) in [5.74, 6) is -0.112. The fourth-order valence-electron chi connectivity index (χ4n) is 2.49. The van der Waals surface area contributed by atoms with E-state index < -0.39 is 0 Å². The van der Waals surface area contributed by atoms with Gasteiger partial charge in [0.2, 0.25) is 5.91 Å². The van der Waals surface area contributed by atoms with E-state index >= 15 is 0 Å².